The van der Waals surface area contributed by atoms with E-state index < -0.39 is 0 Å². The Bertz CT molecular complexity index is 646. The molecular weight excluding hydrogens is 297 g/mol. The van der Waals surface area contributed by atoms with Crippen LogP contribution in [-0.4, -0.2) is 45.6 Å². The molecule has 1 aliphatic heterocycles. The quantitative estimate of drug-likeness (QED) is 0.878. The van der Waals surface area contributed by atoms with Gasteiger partial charge in [0.05, 0.1) is 0 Å². The molecule has 1 unspecified atom stereocenters. The number of rotatable bonds is 5. The first-order chi connectivity index (χ1) is 11.2. The largest absolute Gasteiger partial charge is 0.349 e. The number of piperidine rings is 1. The average Bonchev–Trinajstić information content (AvgIpc) is 3.10. The van der Waals surface area contributed by atoms with Crippen molar-refractivity contribution in [2.45, 2.75) is 19.4 Å². The minimum atomic E-state index is -0.242. The average molecular weight is 317 g/mol. The van der Waals surface area contributed by atoms with E-state index in [-0.39, 0.29) is 17.5 Å². The fourth-order valence-corrected chi connectivity index (χ4v) is 2.96. The normalized spacial score (nSPS) is 18.7. The van der Waals surface area contributed by atoms with Crippen LogP contribution in [0, 0.1) is 11.7 Å². The number of halogens is 1. The molecule has 3 rings (SSSR count). The first kappa shape index (κ1) is 15.6. The van der Waals surface area contributed by atoms with Crippen LogP contribution in [0.25, 0.3) is 0 Å². The van der Waals surface area contributed by atoms with Crippen LogP contribution in [0.1, 0.15) is 29.0 Å². The molecule has 1 saturated heterocycles. The number of benzene rings is 1. The van der Waals surface area contributed by atoms with Gasteiger partial charge in [-0.1, -0.05) is 18.2 Å². The summed E-state index contributed by atoms with van der Waals surface area (Å²) in [5.74, 6) is 0.188. The van der Waals surface area contributed by atoms with Crippen LogP contribution in [0.4, 0.5) is 4.39 Å². The van der Waals surface area contributed by atoms with E-state index in [1.807, 2.05) is 12.1 Å². The van der Waals surface area contributed by atoms with E-state index in [0.29, 0.717) is 19.0 Å². The van der Waals surface area contributed by atoms with Gasteiger partial charge in [0.1, 0.15) is 12.1 Å². The Morgan fingerprint density at radius 3 is 3.09 bits per heavy atom. The molecule has 0 spiro atoms. The number of aromatic nitrogens is 3. The molecule has 6 nitrogen and oxygen atoms in total. The van der Waals surface area contributed by atoms with E-state index in [0.717, 1.165) is 31.5 Å². The fourth-order valence-electron chi connectivity index (χ4n) is 2.96. The van der Waals surface area contributed by atoms with Gasteiger partial charge in [-0.3, -0.25) is 14.8 Å². The van der Waals surface area contributed by atoms with E-state index in [9.17, 15) is 9.18 Å². The number of hydrogen-bond donors (Lipinski definition) is 2. The second-order valence-corrected chi connectivity index (χ2v) is 5.88. The molecule has 122 valence electrons. The van der Waals surface area contributed by atoms with E-state index in [1.165, 1.54) is 12.4 Å². The number of amides is 1. The molecule has 0 radical (unpaired) electrons. The Morgan fingerprint density at radius 2 is 2.30 bits per heavy atom. The molecular formula is C16H20FN5O. The van der Waals surface area contributed by atoms with Gasteiger partial charge < -0.3 is 5.32 Å². The van der Waals surface area contributed by atoms with Crippen LogP contribution < -0.4 is 5.32 Å². The Balaban J connectivity index is 1.50. The van der Waals surface area contributed by atoms with Crippen molar-refractivity contribution in [3.8, 4) is 0 Å². The first-order valence-corrected chi connectivity index (χ1v) is 7.81. The molecule has 1 aromatic carbocycles. The van der Waals surface area contributed by atoms with Crippen molar-refractivity contribution >= 4 is 5.91 Å². The summed E-state index contributed by atoms with van der Waals surface area (Å²) in [4.78, 5) is 17.9. The van der Waals surface area contributed by atoms with Crippen molar-refractivity contribution in [1.29, 1.82) is 0 Å². The second kappa shape index (κ2) is 7.32. The number of likely N-dealkylation sites (tertiary alicyclic amines) is 1. The highest BCUT2D eigenvalue weighted by molar-refractivity contribution is 5.90. The van der Waals surface area contributed by atoms with Gasteiger partial charge in [-0.2, -0.15) is 5.10 Å². The molecule has 2 heterocycles. The summed E-state index contributed by atoms with van der Waals surface area (Å²) in [6.07, 6.45) is 3.42. The molecule has 1 atom stereocenters. The van der Waals surface area contributed by atoms with Gasteiger partial charge in [0, 0.05) is 25.2 Å². The predicted molar refractivity (Wildman–Crippen MR) is 83.1 cm³/mol. The summed E-state index contributed by atoms with van der Waals surface area (Å²) in [5, 5.41) is 9.09. The summed E-state index contributed by atoms with van der Waals surface area (Å²) in [6.45, 7) is 3.01. The highest BCUT2D eigenvalue weighted by Gasteiger charge is 2.21. The van der Waals surface area contributed by atoms with Crippen molar-refractivity contribution in [1.82, 2.24) is 25.4 Å². The Kier molecular flexibility index (Phi) is 4.97. The molecule has 0 aliphatic carbocycles. The Labute approximate surface area is 134 Å². The summed E-state index contributed by atoms with van der Waals surface area (Å²) >= 11 is 0. The predicted octanol–water partition coefficient (Wildman–Crippen LogP) is 1.59. The zero-order chi connectivity index (χ0) is 16.1. The van der Waals surface area contributed by atoms with Crippen molar-refractivity contribution in [2.24, 2.45) is 5.92 Å². The van der Waals surface area contributed by atoms with Crippen LogP contribution in [0.2, 0.25) is 0 Å². The third-order valence-electron chi connectivity index (χ3n) is 4.14. The smallest absolute Gasteiger partial charge is 0.288 e. The van der Waals surface area contributed by atoms with Crippen LogP contribution in [0.15, 0.2) is 30.6 Å². The third-order valence-corrected chi connectivity index (χ3v) is 4.14. The number of carbonyl (C=O) groups is 1. The lowest BCUT2D eigenvalue weighted by atomic mass is 9.97. The van der Waals surface area contributed by atoms with Crippen LogP contribution in [-0.2, 0) is 6.54 Å². The molecule has 2 N–H and O–H groups in total. The minimum absolute atomic E-state index is 0.159. The Morgan fingerprint density at radius 1 is 1.43 bits per heavy atom. The van der Waals surface area contributed by atoms with E-state index >= 15 is 0 Å². The molecule has 1 aliphatic rings. The summed E-state index contributed by atoms with van der Waals surface area (Å²) in [7, 11) is 0. The van der Waals surface area contributed by atoms with Gasteiger partial charge in [-0.05, 0) is 31.4 Å². The Hall–Kier alpha value is -2.28. The fraction of sp³-hybridized carbons (Fsp3) is 0.438. The highest BCUT2D eigenvalue weighted by atomic mass is 19.1. The molecule has 0 saturated carbocycles. The molecule has 23 heavy (non-hydrogen) atoms. The number of nitrogens with zero attached hydrogens (tertiary/aromatic N) is 3. The maximum atomic E-state index is 13.8. The summed E-state index contributed by atoms with van der Waals surface area (Å²) < 4.78 is 13.8. The zero-order valence-electron chi connectivity index (χ0n) is 12.8. The SMILES string of the molecule is O=C(NCC1CCCN(Cc2ccccc2F)C1)c1ncn[nH]1. The van der Waals surface area contributed by atoms with Crippen molar-refractivity contribution in [3.63, 3.8) is 0 Å². The standard InChI is InChI=1S/C16H20FN5O/c17-14-6-2-1-5-13(14)10-22-7-3-4-12(9-22)8-18-16(23)15-19-11-20-21-15/h1-2,5-6,11-12H,3-4,7-10H2,(H,18,23)(H,19,20,21). The van der Waals surface area contributed by atoms with Crippen molar-refractivity contribution in [2.75, 3.05) is 19.6 Å². The van der Waals surface area contributed by atoms with Gasteiger partial charge in [-0.25, -0.2) is 9.37 Å². The zero-order valence-corrected chi connectivity index (χ0v) is 12.8. The lowest BCUT2D eigenvalue weighted by Gasteiger charge is -2.32. The summed E-state index contributed by atoms with van der Waals surface area (Å²) in [6, 6.07) is 6.88. The van der Waals surface area contributed by atoms with Crippen molar-refractivity contribution in [3.05, 3.63) is 47.8 Å². The van der Waals surface area contributed by atoms with Gasteiger partial charge >= 0.3 is 0 Å². The molecule has 1 fully saturated rings. The van der Waals surface area contributed by atoms with E-state index in [2.05, 4.69) is 25.4 Å². The van der Waals surface area contributed by atoms with Gasteiger partial charge in [0.15, 0.2) is 0 Å². The lowest BCUT2D eigenvalue weighted by molar-refractivity contribution is 0.0920. The topological polar surface area (TPSA) is 73.9 Å². The van der Waals surface area contributed by atoms with Gasteiger partial charge in [0.25, 0.3) is 5.91 Å². The number of H-pyrrole nitrogens is 1. The summed E-state index contributed by atoms with van der Waals surface area (Å²) in [5.41, 5.74) is 0.721. The number of carbonyl (C=O) groups excluding carboxylic acids is 1. The van der Waals surface area contributed by atoms with Crippen LogP contribution in [0.3, 0.4) is 0 Å². The maximum absolute atomic E-state index is 13.8. The third kappa shape index (κ3) is 4.13. The minimum Gasteiger partial charge on any atom is -0.349 e. The van der Waals surface area contributed by atoms with Crippen LogP contribution in [0.5, 0.6) is 0 Å². The molecule has 0 bridgehead atoms. The van der Waals surface area contributed by atoms with Crippen molar-refractivity contribution < 1.29 is 9.18 Å². The second-order valence-electron chi connectivity index (χ2n) is 5.88. The lowest BCUT2D eigenvalue weighted by Crippen LogP contribution is -2.40. The maximum Gasteiger partial charge on any atom is 0.288 e. The van der Waals surface area contributed by atoms with E-state index in [1.54, 1.807) is 6.07 Å². The highest BCUT2D eigenvalue weighted by Crippen LogP contribution is 2.19. The molecule has 7 heteroatoms. The monoisotopic (exact) mass is 317 g/mol. The number of aromatic amines is 1. The van der Waals surface area contributed by atoms with E-state index in [4.69, 9.17) is 0 Å². The number of hydrogen-bond acceptors (Lipinski definition) is 4. The van der Waals surface area contributed by atoms with Crippen LogP contribution >= 0.6 is 0 Å². The van der Waals surface area contributed by atoms with Gasteiger partial charge in [-0.15, -0.1) is 0 Å². The molecule has 1 amide bonds. The first-order valence-electron chi connectivity index (χ1n) is 7.81. The van der Waals surface area contributed by atoms with Gasteiger partial charge in [0.2, 0.25) is 5.82 Å². The molecule has 1 aromatic heterocycles. The molecule has 2 aromatic rings. The number of nitrogens with one attached hydrogen (secondary N) is 2.